The average Bonchev–Trinajstić information content (AvgIpc) is 2.31. The third kappa shape index (κ3) is 0.991. The first-order chi connectivity index (χ1) is 5.27. The van der Waals surface area contributed by atoms with Crippen LogP contribution in [0.5, 0.6) is 5.88 Å². The summed E-state index contributed by atoms with van der Waals surface area (Å²) in [5, 5.41) is 9.06. The number of halogens is 1. The Bertz CT molecular complexity index is 396. The predicted octanol–water partition coefficient (Wildman–Crippen LogP) is 2.03. The van der Waals surface area contributed by atoms with Crippen LogP contribution in [-0.2, 0) is 0 Å². The van der Waals surface area contributed by atoms with Gasteiger partial charge in [0.1, 0.15) is 0 Å². The minimum absolute atomic E-state index is 0.138. The molecule has 0 aliphatic carbocycles. The lowest BCUT2D eigenvalue weighted by Gasteiger charge is -1.89. The normalized spacial score (nSPS) is 10.6. The summed E-state index contributed by atoms with van der Waals surface area (Å²) in [7, 11) is 0. The van der Waals surface area contributed by atoms with Crippen LogP contribution in [0.4, 0.5) is 0 Å². The molecule has 2 rings (SSSR count). The monoisotopic (exact) mass is 212 g/mol. The quantitative estimate of drug-likeness (QED) is 0.703. The zero-order chi connectivity index (χ0) is 7.84. The molecule has 4 heteroatoms. The van der Waals surface area contributed by atoms with E-state index in [0.29, 0.717) is 0 Å². The van der Waals surface area contributed by atoms with E-state index in [1.807, 2.05) is 6.07 Å². The van der Waals surface area contributed by atoms with Crippen LogP contribution in [-0.4, -0.2) is 15.1 Å². The number of aromatic hydroxyl groups is 1. The molecule has 0 unspecified atom stereocenters. The Morgan fingerprint density at radius 3 is 3.09 bits per heavy atom. The number of H-pyrrole nitrogens is 1. The Morgan fingerprint density at radius 2 is 2.36 bits per heavy atom. The molecule has 0 spiro atoms. The Labute approximate surface area is 71.2 Å². The lowest BCUT2D eigenvalue weighted by molar-refractivity contribution is 0.458. The molecule has 0 aliphatic heterocycles. The smallest absolute Gasteiger partial charge is 0.190 e. The molecule has 0 atom stereocenters. The maximum atomic E-state index is 9.06. The van der Waals surface area contributed by atoms with E-state index in [-0.39, 0.29) is 5.88 Å². The van der Waals surface area contributed by atoms with Gasteiger partial charge in [-0.15, -0.1) is 0 Å². The van der Waals surface area contributed by atoms with E-state index < -0.39 is 0 Å². The highest BCUT2D eigenvalue weighted by Gasteiger charge is 2.01. The summed E-state index contributed by atoms with van der Waals surface area (Å²) < 4.78 is 0.905. The summed E-state index contributed by atoms with van der Waals surface area (Å²) in [5.74, 6) is 0.138. The van der Waals surface area contributed by atoms with E-state index in [2.05, 4.69) is 25.9 Å². The number of pyridine rings is 1. The summed E-state index contributed by atoms with van der Waals surface area (Å²) in [6.45, 7) is 0. The molecule has 0 saturated heterocycles. The van der Waals surface area contributed by atoms with Crippen molar-refractivity contribution in [2.75, 3.05) is 0 Å². The van der Waals surface area contributed by atoms with Gasteiger partial charge in [0.25, 0.3) is 0 Å². The molecular formula is C7H5BrN2O. The van der Waals surface area contributed by atoms with Crippen LogP contribution < -0.4 is 0 Å². The summed E-state index contributed by atoms with van der Waals surface area (Å²) in [6, 6.07) is 3.40. The number of fused-ring (bicyclic) bond motifs is 1. The fraction of sp³-hybridized carbons (Fsp3) is 0. The summed E-state index contributed by atoms with van der Waals surface area (Å²) in [5.41, 5.74) is 1.59. The third-order valence-corrected chi connectivity index (χ3v) is 2.12. The van der Waals surface area contributed by atoms with Gasteiger partial charge in [0.15, 0.2) is 5.88 Å². The Balaban J connectivity index is 2.90. The van der Waals surface area contributed by atoms with E-state index in [0.717, 1.165) is 15.5 Å². The van der Waals surface area contributed by atoms with Crippen LogP contribution in [0.1, 0.15) is 0 Å². The van der Waals surface area contributed by atoms with Gasteiger partial charge in [0.2, 0.25) is 0 Å². The second kappa shape index (κ2) is 2.23. The molecule has 2 aromatic rings. The van der Waals surface area contributed by atoms with Crippen molar-refractivity contribution in [2.24, 2.45) is 0 Å². The van der Waals surface area contributed by atoms with E-state index in [1.54, 1.807) is 12.3 Å². The van der Waals surface area contributed by atoms with Gasteiger partial charge in [-0.1, -0.05) is 0 Å². The first kappa shape index (κ1) is 6.67. The number of aromatic nitrogens is 2. The first-order valence-electron chi connectivity index (χ1n) is 3.09. The van der Waals surface area contributed by atoms with Crippen LogP contribution in [0.3, 0.4) is 0 Å². The molecule has 0 fully saturated rings. The second-order valence-corrected chi connectivity index (χ2v) is 3.06. The Hall–Kier alpha value is -1.03. The van der Waals surface area contributed by atoms with Crippen molar-refractivity contribution in [3.63, 3.8) is 0 Å². The van der Waals surface area contributed by atoms with E-state index in [4.69, 9.17) is 5.11 Å². The van der Waals surface area contributed by atoms with Crippen molar-refractivity contribution < 1.29 is 5.11 Å². The molecule has 0 aliphatic rings. The van der Waals surface area contributed by atoms with Crippen molar-refractivity contribution in [3.8, 4) is 5.88 Å². The van der Waals surface area contributed by atoms with Crippen LogP contribution in [0.25, 0.3) is 11.0 Å². The maximum Gasteiger partial charge on any atom is 0.190 e. The van der Waals surface area contributed by atoms with Crippen molar-refractivity contribution in [2.45, 2.75) is 0 Å². The van der Waals surface area contributed by atoms with Gasteiger partial charge in [-0.3, -0.25) is 4.98 Å². The fourth-order valence-corrected chi connectivity index (χ4v) is 1.40. The summed E-state index contributed by atoms with van der Waals surface area (Å²) in [6.07, 6.45) is 1.68. The second-order valence-electron chi connectivity index (χ2n) is 2.21. The average molecular weight is 213 g/mol. The van der Waals surface area contributed by atoms with E-state index in [1.165, 1.54) is 0 Å². The number of hydrogen-bond acceptors (Lipinski definition) is 2. The number of nitrogens with one attached hydrogen (secondary N) is 1. The SMILES string of the molecule is Oc1cc2nccc(Br)c2[nH]1. The van der Waals surface area contributed by atoms with Gasteiger partial charge >= 0.3 is 0 Å². The highest BCUT2D eigenvalue weighted by Crippen LogP contribution is 2.23. The molecule has 3 nitrogen and oxygen atoms in total. The van der Waals surface area contributed by atoms with Crippen molar-refractivity contribution in [3.05, 3.63) is 22.8 Å². The van der Waals surface area contributed by atoms with Gasteiger partial charge < -0.3 is 10.1 Å². The van der Waals surface area contributed by atoms with E-state index >= 15 is 0 Å². The minimum atomic E-state index is 0.138. The zero-order valence-corrected chi connectivity index (χ0v) is 7.09. The van der Waals surface area contributed by atoms with Crippen LogP contribution in [0, 0.1) is 0 Å². The molecule has 0 aromatic carbocycles. The lowest BCUT2D eigenvalue weighted by Crippen LogP contribution is -1.73. The molecule has 2 N–H and O–H groups in total. The Morgan fingerprint density at radius 1 is 1.55 bits per heavy atom. The molecule has 0 radical (unpaired) electrons. The van der Waals surface area contributed by atoms with Crippen LogP contribution >= 0.6 is 15.9 Å². The van der Waals surface area contributed by atoms with Gasteiger partial charge in [0, 0.05) is 16.7 Å². The molecule has 0 saturated carbocycles. The van der Waals surface area contributed by atoms with Crippen molar-refractivity contribution in [1.29, 1.82) is 0 Å². The van der Waals surface area contributed by atoms with Gasteiger partial charge in [0.05, 0.1) is 11.0 Å². The summed E-state index contributed by atoms with van der Waals surface area (Å²) >= 11 is 3.33. The number of hydrogen-bond donors (Lipinski definition) is 2. The molecule has 2 heterocycles. The topological polar surface area (TPSA) is 48.9 Å². The molecular weight excluding hydrogens is 208 g/mol. The molecule has 11 heavy (non-hydrogen) atoms. The fourth-order valence-electron chi connectivity index (χ4n) is 0.980. The minimum Gasteiger partial charge on any atom is -0.495 e. The third-order valence-electron chi connectivity index (χ3n) is 1.46. The first-order valence-corrected chi connectivity index (χ1v) is 3.89. The van der Waals surface area contributed by atoms with Gasteiger partial charge in [-0.25, -0.2) is 0 Å². The van der Waals surface area contributed by atoms with Gasteiger partial charge in [-0.05, 0) is 22.0 Å². The molecule has 0 amide bonds. The van der Waals surface area contributed by atoms with Crippen molar-refractivity contribution >= 4 is 27.0 Å². The predicted molar refractivity (Wildman–Crippen MR) is 45.5 cm³/mol. The highest BCUT2D eigenvalue weighted by atomic mass is 79.9. The molecule has 56 valence electrons. The van der Waals surface area contributed by atoms with E-state index in [9.17, 15) is 0 Å². The zero-order valence-electron chi connectivity index (χ0n) is 5.50. The summed E-state index contributed by atoms with van der Waals surface area (Å²) in [4.78, 5) is 6.81. The largest absolute Gasteiger partial charge is 0.495 e. The standard InChI is InChI=1S/C7H5BrN2O/c8-4-1-2-9-5-3-6(11)10-7(4)5/h1-3,10-11H. The molecule has 2 aromatic heterocycles. The Kier molecular flexibility index (Phi) is 1.35. The van der Waals surface area contributed by atoms with Crippen molar-refractivity contribution in [1.82, 2.24) is 9.97 Å². The van der Waals surface area contributed by atoms with Gasteiger partial charge in [-0.2, -0.15) is 0 Å². The number of aromatic amines is 1. The lowest BCUT2D eigenvalue weighted by atomic mass is 10.4. The number of nitrogens with zero attached hydrogens (tertiary/aromatic N) is 1. The highest BCUT2D eigenvalue weighted by molar-refractivity contribution is 9.10. The number of rotatable bonds is 0. The maximum absolute atomic E-state index is 9.06. The molecule has 0 bridgehead atoms. The van der Waals surface area contributed by atoms with Crippen LogP contribution in [0.15, 0.2) is 22.8 Å². The van der Waals surface area contributed by atoms with Crippen LogP contribution in [0.2, 0.25) is 0 Å².